The van der Waals surface area contributed by atoms with E-state index in [0.717, 1.165) is 127 Å². The summed E-state index contributed by atoms with van der Waals surface area (Å²) in [6.45, 7) is 0. The van der Waals surface area contributed by atoms with Crippen molar-refractivity contribution in [2.24, 2.45) is 0 Å². The van der Waals surface area contributed by atoms with Crippen LogP contribution in [-0.2, 0) is 0 Å². The van der Waals surface area contributed by atoms with Gasteiger partial charge in [0.15, 0.2) is 34.9 Å². The summed E-state index contributed by atoms with van der Waals surface area (Å²) in [4.78, 5) is 31.1. The molecule has 8 nitrogen and oxygen atoms in total. The Kier molecular flexibility index (Phi) is 13.5. The number of fused-ring (bicyclic) bond motifs is 12. The molecule has 466 valence electrons. The molecule has 0 bridgehead atoms. The number of nitrogens with zero attached hydrogens (tertiary/aromatic N) is 6. The smallest absolute Gasteiger partial charge is 0.164 e. The van der Waals surface area contributed by atoms with Gasteiger partial charge >= 0.3 is 0 Å². The van der Waals surface area contributed by atoms with Gasteiger partial charge in [-0.2, -0.15) is 0 Å². The highest BCUT2D eigenvalue weighted by Crippen LogP contribution is 2.46. The summed E-state index contributed by atoms with van der Waals surface area (Å²) in [5, 5.41) is 8.97. The van der Waals surface area contributed by atoms with Crippen LogP contribution in [0, 0.1) is 0 Å². The van der Waals surface area contributed by atoms with Crippen molar-refractivity contribution in [3.8, 4) is 124 Å². The highest BCUT2D eigenvalue weighted by atomic mass is 32.1. The standard InChI is InChI=1S/C90H52N6O2S2/c1-4-16-53(17-5-1)55-32-34-57(35-33-55)86-91-85(56-20-8-3-9-21-56)92-89(93-86)65-38-43-77-74(49-65)70-42-37-62(52-80(70)98-77)68-28-15-30-73-76-48-60(40-45-82(76)100-84(68)73)59-23-13-25-64(47-59)88-94-87(63-24-12-22-58(46-63)54-18-6-2-7-19-54)95-90(96-88)66-39-44-78-75(50-66)69-41-36-61(51-79(69)97-78)67-27-14-29-72-71-26-10-11-31-81(71)99-83(67)72/h1-52H. The number of hydrogen-bond acceptors (Lipinski definition) is 10. The number of hydrogen-bond donors (Lipinski definition) is 0. The number of thiophene rings is 2. The van der Waals surface area contributed by atoms with Crippen molar-refractivity contribution in [1.29, 1.82) is 0 Å². The average molecular weight is 1310 g/mol. The molecule has 0 aliphatic heterocycles. The maximum Gasteiger partial charge on any atom is 0.164 e. The SMILES string of the molecule is c1ccc(-c2ccc(-c3nc(-c4ccccc4)nc(-c4ccc5oc6cc(-c7cccc8c7sc7ccc(-c9cccc(-c%10nc(-c%11cccc(-c%12ccccc%12)c%11)nc(-c%11ccc%12oc%13cc(-c%14cccc%15c%14sc%14ccccc%14%15)ccc%13c%12c%11)n%10)c9)cc78)ccc6c5c4)n3)cc2)cc1. The molecule has 0 radical (unpaired) electrons. The summed E-state index contributed by atoms with van der Waals surface area (Å²) in [5.74, 6) is 3.54. The second-order valence-electron chi connectivity index (χ2n) is 25.3. The monoisotopic (exact) mass is 1310 g/mol. The third-order valence-electron chi connectivity index (χ3n) is 19.2. The van der Waals surface area contributed by atoms with Crippen LogP contribution < -0.4 is 0 Å². The summed E-state index contributed by atoms with van der Waals surface area (Å²) in [6, 6.07) is 111. The van der Waals surface area contributed by atoms with Crippen LogP contribution in [0.15, 0.2) is 324 Å². The van der Waals surface area contributed by atoms with E-state index in [4.69, 9.17) is 38.7 Å². The molecule has 0 N–H and O–H groups in total. The Morgan fingerprint density at radius 2 is 0.510 bits per heavy atom. The highest BCUT2D eigenvalue weighted by molar-refractivity contribution is 7.26. The van der Waals surface area contributed by atoms with Crippen LogP contribution in [-0.4, -0.2) is 29.9 Å². The van der Waals surface area contributed by atoms with Crippen molar-refractivity contribution in [3.63, 3.8) is 0 Å². The quantitative estimate of drug-likeness (QED) is 0.126. The van der Waals surface area contributed by atoms with Crippen molar-refractivity contribution >= 4 is 107 Å². The Labute approximate surface area is 581 Å². The largest absolute Gasteiger partial charge is 0.456 e. The van der Waals surface area contributed by atoms with Crippen LogP contribution in [0.25, 0.3) is 208 Å². The van der Waals surface area contributed by atoms with Crippen LogP contribution in [0.3, 0.4) is 0 Å². The Hall–Kier alpha value is -12.9. The van der Waals surface area contributed by atoms with Gasteiger partial charge in [0.1, 0.15) is 22.3 Å². The van der Waals surface area contributed by atoms with Gasteiger partial charge in [0.2, 0.25) is 0 Å². The zero-order valence-corrected chi connectivity index (χ0v) is 55.0. The molecule has 0 aliphatic carbocycles. The van der Waals surface area contributed by atoms with Gasteiger partial charge in [-0.05, 0) is 147 Å². The van der Waals surface area contributed by atoms with E-state index in [-0.39, 0.29) is 0 Å². The molecule has 100 heavy (non-hydrogen) atoms. The fraction of sp³-hybridized carbons (Fsp3) is 0. The first-order valence-electron chi connectivity index (χ1n) is 33.3. The van der Waals surface area contributed by atoms with Gasteiger partial charge in [0.25, 0.3) is 0 Å². The Bertz CT molecular complexity index is 6660. The Balaban J connectivity index is 0.632. The fourth-order valence-electron chi connectivity index (χ4n) is 14.2. The molecule has 0 saturated heterocycles. The maximum atomic E-state index is 6.69. The second-order valence-corrected chi connectivity index (χ2v) is 27.4. The molecule has 0 fully saturated rings. The number of furan rings is 2. The summed E-state index contributed by atoms with van der Waals surface area (Å²) >= 11 is 3.65. The van der Waals surface area contributed by atoms with Crippen LogP contribution in [0.2, 0.25) is 0 Å². The molecule has 0 atom stereocenters. The number of aromatic nitrogens is 6. The van der Waals surface area contributed by atoms with E-state index in [1.165, 1.54) is 45.9 Å². The lowest BCUT2D eigenvalue weighted by molar-refractivity contribution is 0.668. The molecular weight excluding hydrogens is 1260 g/mol. The van der Waals surface area contributed by atoms with Crippen molar-refractivity contribution in [2.45, 2.75) is 0 Å². The van der Waals surface area contributed by atoms with E-state index >= 15 is 0 Å². The van der Waals surface area contributed by atoms with Crippen LogP contribution >= 0.6 is 22.7 Å². The number of benzene rings is 14. The van der Waals surface area contributed by atoms with E-state index in [2.05, 4.69) is 255 Å². The molecule has 0 saturated carbocycles. The summed E-state index contributed by atoms with van der Waals surface area (Å²) in [6.07, 6.45) is 0. The molecule has 20 aromatic rings. The highest BCUT2D eigenvalue weighted by Gasteiger charge is 2.21. The zero-order valence-electron chi connectivity index (χ0n) is 53.3. The minimum absolute atomic E-state index is 0.570. The third kappa shape index (κ3) is 10.0. The topological polar surface area (TPSA) is 104 Å². The molecular formula is C90H52N6O2S2. The summed E-state index contributed by atoms with van der Waals surface area (Å²) < 4.78 is 18.3. The molecule has 14 aromatic carbocycles. The Morgan fingerprint density at radius 1 is 0.180 bits per heavy atom. The lowest BCUT2D eigenvalue weighted by Gasteiger charge is -2.11. The maximum absolute atomic E-state index is 6.69. The molecule has 10 heteroatoms. The van der Waals surface area contributed by atoms with Gasteiger partial charge < -0.3 is 8.83 Å². The number of rotatable bonds is 11. The molecule has 0 aliphatic rings. The van der Waals surface area contributed by atoms with Gasteiger partial charge in [-0.3, -0.25) is 0 Å². The summed E-state index contributed by atoms with van der Waals surface area (Å²) in [7, 11) is 0. The fourth-order valence-corrected chi connectivity index (χ4v) is 16.7. The lowest BCUT2D eigenvalue weighted by atomic mass is 9.98. The minimum atomic E-state index is 0.570. The average Bonchev–Trinajstić information content (AvgIpc) is 1.59. The first kappa shape index (κ1) is 57.4. The third-order valence-corrected chi connectivity index (χ3v) is 21.7. The van der Waals surface area contributed by atoms with Crippen molar-refractivity contribution in [3.05, 3.63) is 315 Å². The van der Waals surface area contributed by atoms with Crippen molar-refractivity contribution in [1.82, 2.24) is 29.9 Å². The molecule has 6 heterocycles. The van der Waals surface area contributed by atoms with E-state index in [9.17, 15) is 0 Å². The van der Waals surface area contributed by atoms with Gasteiger partial charge in [0.05, 0.1) is 0 Å². The van der Waals surface area contributed by atoms with Crippen molar-refractivity contribution in [2.75, 3.05) is 0 Å². The van der Waals surface area contributed by atoms with E-state index in [0.29, 0.717) is 34.9 Å². The molecule has 0 spiro atoms. The van der Waals surface area contributed by atoms with Gasteiger partial charge in [-0.15, -0.1) is 22.7 Å². The minimum Gasteiger partial charge on any atom is -0.456 e. The first-order chi connectivity index (χ1) is 49.5. The second kappa shape index (κ2) is 23.5. The van der Waals surface area contributed by atoms with E-state index < -0.39 is 0 Å². The van der Waals surface area contributed by atoms with Crippen LogP contribution in [0.1, 0.15) is 0 Å². The zero-order chi connectivity index (χ0) is 65.8. The van der Waals surface area contributed by atoms with Crippen molar-refractivity contribution < 1.29 is 8.83 Å². The van der Waals surface area contributed by atoms with Gasteiger partial charge in [-0.25, -0.2) is 29.9 Å². The van der Waals surface area contributed by atoms with Gasteiger partial charge in [-0.1, -0.05) is 224 Å². The molecule has 0 unspecified atom stereocenters. The molecule has 6 aromatic heterocycles. The Morgan fingerprint density at radius 3 is 1.05 bits per heavy atom. The van der Waals surface area contributed by atoms with Crippen LogP contribution in [0.5, 0.6) is 0 Å². The normalized spacial score (nSPS) is 11.8. The van der Waals surface area contributed by atoms with Crippen LogP contribution in [0.4, 0.5) is 0 Å². The lowest BCUT2D eigenvalue weighted by Crippen LogP contribution is -2.00. The predicted octanol–water partition coefficient (Wildman–Crippen LogP) is 24.9. The molecule has 20 rings (SSSR count). The molecule has 0 amide bonds. The van der Waals surface area contributed by atoms with E-state index in [1.807, 2.05) is 83.3 Å². The van der Waals surface area contributed by atoms with E-state index in [1.54, 1.807) is 0 Å². The summed E-state index contributed by atoms with van der Waals surface area (Å²) in [5.41, 5.74) is 19.7. The van der Waals surface area contributed by atoms with Gasteiger partial charge in [0, 0.05) is 95.3 Å². The predicted molar refractivity (Wildman–Crippen MR) is 413 cm³/mol. The first-order valence-corrected chi connectivity index (χ1v) is 34.9.